The van der Waals surface area contributed by atoms with Crippen molar-refractivity contribution in [1.82, 2.24) is 15.6 Å². The molecule has 6 nitrogen and oxygen atoms in total. The zero-order chi connectivity index (χ0) is 19.2. The fraction of sp³-hybridized carbons (Fsp3) is 0.455. The molecule has 3 unspecified atom stereocenters. The molecule has 1 amide bonds. The van der Waals surface area contributed by atoms with Crippen LogP contribution in [0.15, 0.2) is 48.7 Å². The Balaban J connectivity index is 0.00000240. The van der Waals surface area contributed by atoms with Gasteiger partial charge in [0.2, 0.25) is 0 Å². The van der Waals surface area contributed by atoms with E-state index in [9.17, 15) is 4.79 Å². The number of nitrogens with one attached hydrogen (secondary N) is 3. The number of pyridine rings is 1. The molecule has 1 aromatic carbocycles. The smallest absolute Gasteiger partial charge is 0.274 e. The Hall–Kier alpha value is -1.99. The van der Waals surface area contributed by atoms with Crippen LogP contribution in [0.4, 0.5) is 5.69 Å². The van der Waals surface area contributed by atoms with E-state index in [0.717, 1.165) is 37.6 Å². The second-order valence-corrected chi connectivity index (χ2v) is 7.59. The van der Waals surface area contributed by atoms with Gasteiger partial charge in [-0.1, -0.05) is 24.6 Å². The van der Waals surface area contributed by atoms with Gasteiger partial charge in [-0.2, -0.15) is 0 Å². The molecule has 0 bridgehead atoms. The third-order valence-electron chi connectivity index (χ3n) is 5.69. The number of amides is 1. The zero-order valence-electron chi connectivity index (χ0n) is 16.5. The lowest BCUT2D eigenvalue weighted by Crippen LogP contribution is -2.50. The fourth-order valence-corrected chi connectivity index (χ4v) is 4.28. The van der Waals surface area contributed by atoms with Gasteiger partial charge in [-0.3, -0.25) is 9.78 Å². The monoisotopic (exact) mass is 416 g/mol. The predicted octanol–water partition coefficient (Wildman–Crippen LogP) is 3.00. The first-order chi connectivity index (χ1) is 13.8. The Labute approximate surface area is 178 Å². The third-order valence-corrected chi connectivity index (χ3v) is 5.69. The maximum absolute atomic E-state index is 12.3. The van der Waals surface area contributed by atoms with Crippen molar-refractivity contribution in [3.05, 3.63) is 59.9 Å². The van der Waals surface area contributed by atoms with Crippen LogP contribution in [0.1, 0.15) is 35.3 Å². The van der Waals surface area contributed by atoms with E-state index in [1.165, 1.54) is 19.3 Å². The molecule has 1 aliphatic carbocycles. The molecule has 3 atom stereocenters. The molecule has 2 aromatic rings. The third kappa shape index (κ3) is 5.76. The van der Waals surface area contributed by atoms with Crippen molar-refractivity contribution < 1.29 is 9.53 Å². The minimum absolute atomic E-state index is 0. The van der Waals surface area contributed by atoms with Crippen LogP contribution in [0.2, 0.25) is 0 Å². The molecule has 1 aromatic heterocycles. The fourth-order valence-electron chi connectivity index (χ4n) is 4.28. The number of ether oxygens (including phenoxy) is 1. The van der Waals surface area contributed by atoms with Gasteiger partial charge in [0.05, 0.1) is 13.2 Å². The molecular formula is C22H29ClN4O2. The van der Waals surface area contributed by atoms with Gasteiger partial charge in [-0.15, -0.1) is 12.4 Å². The number of morpholine rings is 1. The van der Waals surface area contributed by atoms with E-state index >= 15 is 0 Å². The number of carbonyl (C=O) groups is 1. The molecule has 1 saturated carbocycles. The van der Waals surface area contributed by atoms with Crippen LogP contribution in [-0.2, 0) is 11.3 Å². The number of hydrogen-bond acceptors (Lipinski definition) is 5. The molecule has 0 spiro atoms. The highest BCUT2D eigenvalue weighted by atomic mass is 35.5. The van der Waals surface area contributed by atoms with Crippen LogP contribution in [0.3, 0.4) is 0 Å². The SMILES string of the molecule is Cl.O=C(Nc1cccc(CNC2CCCC2C2COCCN2)c1)c1ccccn1. The number of halogens is 1. The summed E-state index contributed by atoms with van der Waals surface area (Å²) in [4.78, 5) is 16.4. The van der Waals surface area contributed by atoms with E-state index in [-0.39, 0.29) is 18.3 Å². The standard InChI is InChI=1S/C22H28N4O2.ClH/c27-22(20-8-1-2-10-23-20)26-17-6-3-5-16(13-17)14-25-19-9-4-7-18(19)21-15-28-12-11-24-21;/h1-3,5-6,8,10,13,18-19,21,24-25H,4,7,9,11-12,14-15H2,(H,26,27);1H. The Morgan fingerprint density at radius 3 is 2.93 bits per heavy atom. The summed E-state index contributed by atoms with van der Waals surface area (Å²) in [6.07, 6.45) is 5.35. The molecule has 7 heteroatoms. The zero-order valence-corrected chi connectivity index (χ0v) is 17.3. The normalized spacial score (nSPS) is 23.9. The lowest BCUT2D eigenvalue weighted by molar-refractivity contribution is 0.0524. The van der Waals surface area contributed by atoms with Crippen molar-refractivity contribution >= 4 is 24.0 Å². The van der Waals surface area contributed by atoms with Crippen LogP contribution in [0, 0.1) is 5.92 Å². The highest BCUT2D eigenvalue weighted by Gasteiger charge is 2.34. The molecule has 0 radical (unpaired) electrons. The quantitative estimate of drug-likeness (QED) is 0.675. The predicted molar refractivity (Wildman–Crippen MR) is 116 cm³/mol. The van der Waals surface area contributed by atoms with Gasteiger partial charge in [-0.05, 0) is 48.6 Å². The van der Waals surface area contributed by atoms with Gasteiger partial charge in [-0.25, -0.2) is 0 Å². The van der Waals surface area contributed by atoms with Gasteiger partial charge in [0, 0.05) is 37.1 Å². The second-order valence-electron chi connectivity index (χ2n) is 7.59. The molecule has 3 N–H and O–H groups in total. The highest BCUT2D eigenvalue weighted by molar-refractivity contribution is 6.02. The van der Waals surface area contributed by atoms with E-state index in [4.69, 9.17) is 4.74 Å². The van der Waals surface area contributed by atoms with Gasteiger partial charge in [0.15, 0.2) is 0 Å². The van der Waals surface area contributed by atoms with Crippen molar-refractivity contribution in [1.29, 1.82) is 0 Å². The van der Waals surface area contributed by atoms with E-state index in [2.05, 4.69) is 27.0 Å². The summed E-state index contributed by atoms with van der Waals surface area (Å²) in [6.45, 7) is 3.38. The molecule has 4 rings (SSSR count). The number of aromatic nitrogens is 1. The van der Waals surface area contributed by atoms with Gasteiger partial charge < -0.3 is 20.7 Å². The van der Waals surface area contributed by atoms with Gasteiger partial charge >= 0.3 is 0 Å². The summed E-state index contributed by atoms with van der Waals surface area (Å²) in [6, 6.07) is 14.3. The Morgan fingerprint density at radius 1 is 1.21 bits per heavy atom. The molecule has 1 aliphatic heterocycles. The van der Waals surface area contributed by atoms with Crippen LogP contribution < -0.4 is 16.0 Å². The summed E-state index contributed by atoms with van der Waals surface area (Å²) >= 11 is 0. The molecule has 156 valence electrons. The van der Waals surface area contributed by atoms with Crippen molar-refractivity contribution in [3.63, 3.8) is 0 Å². The average molecular weight is 417 g/mol. The Morgan fingerprint density at radius 2 is 2.14 bits per heavy atom. The van der Waals surface area contributed by atoms with Crippen LogP contribution in [-0.4, -0.2) is 42.7 Å². The minimum atomic E-state index is -0.190. The Bertz CT molecular complexity index is 783. The lowest BCUT2D eigenvalue weighted by atomic mass is 9.94. The lowest BCUT2D eigenvalue weighted by Gasteiger charge is -2.33. The first-order valence-electron chi connectivity index (χ1n) is 10.2. The van der Waals surface area contributed by atoms with Crippen molar-refractivity contribution in [2.75, 3.05) is 25.1 Å². The molecule has 2 fully saturated rings. The summed E-state index contributed by atoms with van der Waals surface area (Å²) in [5, 5.41) is 10.3. The Kier molecular flexibility index (Phi) is 8.00. The first kappa shape index (κ1) is 21.7. The maximum Gasteiger partial charge on any atom is 0.274 e. The highest BCUT2D eigenvalue weighted by Crippen LogP contribution is 2.29. The van der Waals surface area contributed by atoms with E-state index < -0.39 is 0 Å². The second kappa shape index (κ2) is 10.7. The topological polar surface area (TPSA) is 75.3 Å². The van der Waals surface area contributed by atoms with Crippen molar-refractivity contribution in [2.24, 2.45) is 5.92 Å². The molecule has 1 saturated heterocycles. The van der Waals surface area contributed by atoms with E-state index in [1.807, 2.05) is 24.3 Å². The van der Waals surface area contributed by atoms with Crippen LogP contribution in [0.5, 0.6) is 0 Å². The van der Waals surface area contributed by atoms with E-state index in [1.54, 1.807) is 18.3 Å². The van der Waals surface area contributed by atoms with Gasteiger partial charge in [0.1, 0.15) is 5.69 Å². The number of hydrogen-bond donors (Lipinski definition) is 3. The molecular weight excluding hydrogens is 388 g/mol. The molecule has 2 aliphatic rings. The van der Waals surface area contributed by atoms with Gasteiger partial charge in [0.25, 0.3) is 5.91 Å². The number of carbonyl (C=O) groups excluding carboxylic acids is 1. The first-order valence-corrected chi connectivity index (χ1v) is 10.2. The number of nitrogens with zero attached hydrogens (tertiary/aromatic N) is 1. The van der Waals surface area contributed by atoms with E-state index in [0.29, 0.717) is 23.7 Å². The number of rotatable bonds is 6. The number of benzene rings is 1. The average Bonchev–Trinajstić information content (AvgIpc) is 3.22. The largest absolute Gasteiger partial charge is 0.379 e. The number of anilines is 1. The molecule has 29 heavy (non-hydrogen) atoms. The minimum Gasteiger partial charge on any atom is -0.379 e. The maximum atomic E-state index is 12.3. The molecule has 2 heterocycles. The van der Waals surface area contributed by atoms with Crippen LogP contribution >= 0.6 is 12.4 Å². The summed E-state index contributed by atoms with van der Waals surface area (Å²) < 4.78 is 5.66. The summed E-state index contributed by atoms with van der Waals surface area (Å²) in [5.74, 6) is 0.428. The van der Waals surface area contributed by atoms with Crippen LogP contribution in [0.25, 0.3) is 0 Å². The summed E-state index contributed by atoms with van der Waals surface area (Å²) in [7, 11) is 0. The van der Waals surface area contributed by atoms with Crippen molar-refractivity contribution in [3.8, 4) is 0 Å². The summed E-state index contributed by atoms with van der Waals surface area (Å²) in [5.41, 5.74) is 2.37. The van der Waals surface area contributed by atoms with Crippen molar-refractivity contribution in [2.45, 2.75) is 37.9 Å².